The van der Waals surface area contributed by atoms with Crippen LogP contribution in [0, 0.1) is 12.7 Å². The van der Waals surface area contributed by atoms with Crippen LogP contribution in [0.3, 0.4) is 0 Å². The molecule has 0 unspecified atom stereocenters. The number of rotatable bonds is 5. The highest BCUT2D eigenvalue weighted by Crippen LogP contribution is 2.33. The van der Waals surface area contributed by atoms with Crippen molar-refractivity contribution in [3.05, 3.63) is 76.7 Å². The summed E-state index contributed by atoms with van der Waals surface area (Å²) in [6.45, 7) is 7.27. The second kappa shape index (κ2) is 9.22. The molecular formula is C25H27FN4O2. The molecule has 1 saturated heterocycles. The van der Waals surface area contributed by atoms with Gasteiger partial charge in [-0.25, -0.2) is 9.37 Å². The zero-order chi connectivity index (χ0) is 21.9. The number of aromatic nitrogens is 2. The highest BCUT2D eigenvalue weighted by Gasteiger charge is 2.26. The van der Waals surface area contributed by atoms with Crippen molar-refractivity contribution in [1.29, 1.82) is 0 Å². The van der Waals surface area contributed by atoms with E-state index in [4.69, 9.17) is 19.4 Å². The second-order valence-electron chi connectivity index (χ2n) is 8.31. The molecule has 0 saturated carbocycles. The van der Waals surface area contributed by atoms with Crippen LogP contribution in [-0.2, 0) is 24.2 Å². The number of fused-ring (bicyclic) bond motifs is 1. The van der Waals surface area contributed by atoms with Gasteiger partial charge in [0.1, 0.15) is 11.6 Å². The minimum Gasteiger partial charge on any atom is -0.438 e. The van der Waals surface area contributed by atoms with Crippen molar-refractivity contribution < 1.29 is 13.9 Å². The van der Waals surface area contributed by atoms with E-state index in [1.165, 1.54) is 12.1 Å². The van der Waals surface area contributed by atoms with Gasteiger partial charge in [0.25, 0.3) is 0 Å². The molecule has 3 aromatic rings. The van der Waals surface area contributed by atoms with Crippen molar-refractivity contribution in [3.8, 4) is 11.6 Å². The molecule has 0 N–H and O–H groups in total. The molecule has 5 rings (SSSR count). The first-order valence-corrected chi connectivity index (χ1v) is 11.1. The minimum atomic E-state index is -0.212. The fourth-order valence-corrected chi connectivity index (χ4v) is 4.17. The van der Waals surface area contributed by atoms with E-state index < -0.39 is 0 Å². The van der Waals surface area contributed by atoms with Crippen molar-refractivity contribution in [3.63, 3.8) is 0 Å². The number of morpholine rings is 1. The van der Waals surface area contributed by atoms with E-state index in [9.17, 15) is 4.39 Å². The summed E-state index contributed by atoms with van der Waals surface area (Å²) in [5, 5.41) is 0. The van der Waals surface area contributed by atoms with Gasteiger partial charge in [0.2, 0.25) is 11.8 Å². The zero-order valence-electron chi connectivity index (χ0n) is 18.3. The van der Waals surface area contributed by atoms with Gasteiger partial charge >= 0.3 is 0 Å². The zero-order valence-corrected chi connectivity index (χ0v) is 18.3. The van der Waals surface area contributed by atoms with Gasteiger partial charge < -0.3 is 14.4 Å². The van der Waals surface area contributed by atoms with Gasteiger partial charge in [-0.15, -0.1) is 0 Å². The number of hydrogen-bond donors (Lipinski definition) is 0. The average Bonchev–Trinajstić information content (AvgIpc) is 2.83. The molecule has 7 heteroatoms. The van der Waals surface area contributed by atoms with Gasteiger partial charge in [-0.3, -0.25) is 4.90 Å². The molecule has 166 valence electrons. The van der Waals surface area contributed by atoms with Crippen LogP contribution in [0.1, 0.15) is 22.4 Å². The molecule has 1 fully saturated rings. The van der Waals surface area contributed by atoms with Gasteiger partial charge in [0.15, 0.2) is 0 Å². The number of hydrogen-bond acceptors (Lipinski definition) is 6. The summed E-state index contributed by atoms with van der Waals surface area (Å²) in [6.07, 6.45) is 0.820. The third-order valence-corrected chi connectivity index (χ3v) is 6.00. The van der Waals surface area contributed by atoms with Gasteiger partial charge in [0, 0.05) is 39.1 Å². The van der Waals surface area contributed by atoms with E-state index in [1.807, 2.05) is 43.3 Å². The van der Waals surface area contributed by atoms with Gasteiger partial charge in [0.05, 0.1) is 24.5 Å². The maximum atomic E-state index is 13.3. The molecule has 1 aromatic heterocycles. The molecular weight excluding hydrogens is 407 g/mol. The van der Waals surface area contributed by atoms with E-state index in [0.717, 1.165) is 60.7 Å². The Labute approximate surface area is 187 Å². The highest BCUT2D eigenvalue weighted by atomic mass is 19.1. The molecule has 2 aliphatic heterocycles. The Bertz CT molecular complexity index is 1080. The molecule has 0 atom stereocenters. The Hall–Kier alpha value is -3.03. The van der Waals surface area contributed by atoms with Crippen molar-refractivity contribution >= 4 is 5.95 Å². The lowest BCUT2D eigenvalue weighted by Gasteiger charge is -2.32. The SMILES string of the molecule is Cc1ccccc1Oc1nc(N2CCOCC2)nc2c1CN(Cc1ccc(F)cc1)CC2. The van der Waals surface area contributed by atoms with E-state index in [-0.39, 0.29) is 5.82 Å². The molecule has 6 nitrogen and oxygen atoms in total. The van der Waals surface area contributed by atoms with Crippen molar-refractivity contribution in [2.24, 2.45) is 0 Å². The monoisotopic (exact) mass is 434 g/mol. The maximum Gasteiger partial charge on any atom is 0.229 e. The van der Waals surface area contributed by atoms with Crippen LogP contribution in [0.4, 0.5) is 10.3 Å². The Morgan fingerprint density at radius 2 is 1.78 bits per heavy atom. The van der Waals surface area contributed by atoms with Gasteiger partial charge in [-0.2, -0.15) is 4.98 Å². The molecule has 0 radical (unpaired) electrons. The number of para-hydroxylation sites is 1. The van der Waals surface area contributed by atoms with E-state index in [1.54, 1.807) is 0 Å². The van der Waals surface area contributed by atoms with Crippen LogP contribution in [-0.4, -0.2) is 47.7 Å². The Morgan fingerprint density at radius 3 is 2.56 bits per heavy atom. The largest absolute Gasteiger partial charge is 0.438 e. The predicted octanol–water partition coefficient (Wildman–Crippen LogP) is 4.11. The number of aryl methyl sites for hydroxylation is 1. The lowest BCUT2D eigenvalue weighted by molar-refractivity contribution is 0.122. The second-order valence-corrected chi connectivity index (χ2v) is 8.31. The standard InChI is InChI=1S/C25H27FN4O2/c1-18-4-2-3-5-23(18)32-24-21-17-29(16-19-6-8-20(26)9-7-19)11-10-22(21)27-25(28-24)30-12-14-31-15-13-30/h2-9H,10-17H2,1H3. The summed E-state index contributed by atoms with van der Waals surface area (Å²) < 4.78 is 25.2. The third kappa shape index (κ3) is 4.59. The molecule has 0 spiro atoms. The Balaban J connectivity index is 1.45. The third-order valence-electron chi connectivity index (χ3n) is 6.00. The highest BCUT2D eigenvalue weighted by molar-refractivity contribution is 5.45. The number of nitrogens with zero attached hydrogens (tertiary/aromatic N) is 4. The summed E-state index contributed by atoms with van der Waals surface area (Å²) in [6, 6.07) is 14.7. The number of anilines is 1. The van der Waals surface area contributed by atoms with Crippen molar-refractivity contribution in [2.75, 3.05) is 37.7 Å². The van der Waals surface area contributed by atoms with Crippen LogP contribution >= 0.6 is 0 Å². The smallest absolute Gasteiger partial charge is 0.229 e. The van der Waals surface area contributed by atoms with Crippen LogP contribution in [0.2, 0.25) is 0 Å². The molecule has 2 aromatic carbocycles. The fourth-order valence-electron chi connectivity index (χ4n) is 4.17. The summed E-state index contributed by atoms with van der Waals surface area (Å²) in [7, 11) is 0. The van der Waals surface area contributed by atoms with Crippen molar-refractivity contribution in [2.45, 2.75) is 26.4 Å². The summed E-state index contributed by atoms with van der Waals surface area (Å²) in [4.78, 5) is 14.3. The first kappa shape index (κ1) is 20.8. The Kier molecular flexibility index (Phi) is 6.01. The predicted molar refractivity (Wildman–Crippen MR) is 121 cm³/mol. The maximum absolute atomic E-state index is 13.3. The number of benzene rings is 2. The molecule has 0 bridgehead atoms. The van der Waals surface area contributed by atoms with E-state index in [2.05, 4.69) is 9.80 Å². The fraction of sp³-hybridized carbons (Fsp3) is 0.360. The van der Waals surface area contributed by atoms with E-state index >= 15 is 0 Å². The molecule has 0 aliphatic carbocycles. The normalized spacial score (nSPS) is 16.6. The van der Waals surface area contributed by atoms with E-state index in [0.29, 0.717) is 31.6 Å². The summed E-state index contributed by atoms with van der Waals surface area (Å²) in [5.41, 5.74) is 4.22. The topological polar surface area (TPSA) is 50.7 Å². The molecule has 0 amide bonds. The van der Waals surface area contributed by atoms with Crippen LogP contribution in [0.25, 0.3) is 0 Å². The first-order valence-electron chi connectivity index (χ1n) is 11.1. The average molecular weight is 435 g/mol. The van der Waals surface area contributed by atoms with Gasteiger partial charge in [-0.1, -0.05) is 30.3 Å². The van der Waals surface area contributed by atoms with Crippen LogP contribution < -0.4 is 9.64 Å². The van der Waals surface area contributed by atoms with Gasteiger partial charge in [-0.05, 0) is 36.2 Å². The van der Waals surface area contributed by atoms with Crippen molar-refractivity contribution in [1.82, 2.24) is 14.9 Å². The van der Waals surface area contributed by atoms with Crippen LogP contribution in [0.15, 0.2) is 48.5 Å². The lowest BCUT2D eigenvalue weighted by Crippen LogP contribution is -2.38. The first-order chi connectivity index (χ1) is 15.7. The summed E-state index contributed by atoms with van der Waals surface area (Å²) >= 11 is 0. The quantitative estimate of drug-likeness (QED) is 0.602. The summed E-state index contributed by atoms with van der Waals surface area (Å²) in [5.74, 6) is 1.92. The molecule has 2 aliphatic rings. The lowest BCUT2D eigenvalue weighted by atomic mass is 10.1. The molecule has 3 heterocycles. The number of ether oxygens (including phenoxy) is 2. The van der Waals surface area contributed by atoms with Crippen LogP contribution in [0.5, 0.6) is 11.6 Å². The Morgan fingerprint density at radius 1 is 1.00 bits per heavy atom. The number of halogens is 1. The molecule has 32 heavy (non-hydrogen) atoms. The minimum absolute atomic E-state index is 0.212.